The number of nitrogens with zero attached hydrogens (tertiary/aromatic N) is 1. The molecule has 1 aliphatic heterocycles. The molecule has 0 bridgehead atoms. The summed E-state index contributed by atoms with van der Waals surface area (Å²) in [6, 6.07) is 0. The molecule has 0 aromatic carbocycles. The molecule has 2 aliphatic rings. The average Bonchev–Trinajstić information content (AvgIpc) is 2.62. The molecule has 0 radical (unpaired) electrons. The molecule has 0 aromatic heterocycles. The minimum atomic E-state index is -0.0817. The van der Waals surface area contributed by atoms with E-state index >= 15 is 0 Å². The van der Waals surface area contributed by atoms with E-state index in [2.05, 4.69) is 6.08 Å². The van der Waals surface area contributed by atoms with E-state index in [0.29, 0.717) is 26.0 Å². The van der Waals surface area contributed by atoms with Crippen LogP contribution in [0.25, 0.3) is 0 Å². The highest BCUT2D eigenvalue weighted by Gasteiger charge is 2.28. The molecule has 0 unspecified atom stereocenters. The summed E-state index contributed by atoms with van der Waals surface area (Å²) in [4.78, 5) is 23.9. The minimum absolute atomic E-state index is 0.0817. The largest absolute Gasteiger partial charge is 0.492 e. The van der Waals surface area contributed by atoms with Gasteiger partial charge in [0, 0.05) is 12.8 Å². The Kier molecular flexibility index (Phi) is 3.39. The molecule has 4 heteroatoms. The molecule has 0 N–H and O–H groups in total. The first-order chi connectivity index (χ1) is 7.77. The van der Waals surface area contributed by atoms with Gasteiger partial charge in [-0.3, -0.25) is 14.5 Å². The van der Waals surface area contributed by atoms with Crippen LogP contribution in [0.4, 0.5) is 0 Å². The summed E-state index contributed by atoms with van der Waals surface area (Å²) in [6.45, 7) is 0.747. The van der Waals surface area contributed by atoms with Crippen molar-refractivity contribution in [2.75, 3.05) is 13.2 Å². The van der Waals surface area contributed by atoms with Crippen LogP contribution in [0.15, 0.2) is 24.0 Å². The van der Waals surface area contributed by atoms with E-state index < -0.39 is 0 Å². The van der Waals surface area contributed by atoms with Crippen molar-refractivity contribution in [3.8, 4) is 0 Å². The Morgan fingerprint density at radius 2 is 1.94 bits per heavy atom. The first-order valence-corrected chi connectivity index (χ1v) is 5.60. The van der Waals surface area contributed by atoms with Crippen LogP contribution in [0.5, 0.6) is 0 Å². The van der Waals surface area contributed by atoms with E-state index in [1.165, 1.54) is 4.90 Å². The third-order valence-corrected chi connectivity index (χ3v) is 2.70. The van der Waals surface area contributed by atoms with Gasteiger partial charge in [0.15, 0.2) is 0 Å². The molecule has 1 saturated heterocycles. The lowest BCUT2D eigenvalue weighted by atomic mass is 10.2. The summed E-state index contributed by atoms with van der Waals surface area (Å²) >= 11 is 0. The maximum atomic E-state index is 11.3. The zero-order valence-corrected chi connectivity index (χ0v) is 9.15. The topological polar surface area (TPSA) is 46.6 Å². The third kappa shape index (κ3) is 2.51. The van der Waals surface area contributed by atoms with E-state index in [9.17, 15) is 9.59 Å². The van der Waals surface area contributed by atoms with E-state index in [1.54, 1.807) is 0 Å². The number of imide groups is 1. The van der Waals surface area contributed by atoms with Crippen LogP contribution in [0.1, 0.15) is 25.7 Å². The normalized spacial score (nSPS) is 20.2. The highest BCUT2D eigenvalue weighted by atomic mass is 16.5. The number of amides is 2. The van der Waals surface area contributed by atoms with Gasteiger partial charge in [-0.05, 0) is 25.0 Å². The highest BCUT2D eigenvalue weighted by molar-refractivity contribution is 6.01. The average molecular weight is 221 g/mol. The Balaban J connectivity index is 1.75. The lowest BCUT2D eigenvalue weighted by Gasteiger charge is -2.15. The Hall–Kier alpha value is -1.58. The molecule has 2 rings (SSSR count). The number of carbonyl (C=O) groups excluding carboxylic acids is 2. The fraction of sp³-hybridized carbons (Fsp3) is 0.500. The second kappa shape index (κ2) is 4.96. The van der Waals surface area contributed by atoms with Gasteiger partial charge in [0.2, 0.25) is 11.8 Å². The first kappa shape index (κ1) is 10.9. The van der Waals surface area contributed by atoms with E-state index in [0.717, 1.165) is 18.6 Å². The summed E-state index contributed by atoms with van der Waals surface area (Å²) < 4.78 is 5.47. The molecule has 1 aliphatic carbocycles. The molecule has 86 valence electrons. The minimum Gasteiger partial charge on any atom is -0.492 e. The van der Waals surface area contributed by atoms with Gasteiger partial charge in [0.1, 0.15) is 12.4 Å². The molecule has 16 heavy (non-hydrogen) atoms. The van der Waals surface area contributed by atoms with Gasteiger partial charge in [-0.15, -0.1) is 0 Å². The first-order valence-electron chi connectivity index (χ1n) is 5.60. The Bertz CT molecular complexity index is 341. The fourth-order valence-corrected chi connectivity index (χ4v) is 1.82. The molecule has 4 nitrogen and oxygen atoms in total. The van der Waals surface area contributed by atoms with E-state index in [1.807, 2.05) is 12.2 Å². The predicted octanol–water partition coefficient (Wildman–Crippen LogP) is 1.39. The lowest BCUT2D eigenvalue weighted by molar-refractivity contribution is -0.138. The van der Waals surface area contributed by atoms with Crippen molar-refractivity contribution in [3.63, 3.8) is 0 Å². The van der Waals surface area contributed by atoms with Crippen LogP contribution in [0, 0.1) is 0 Å². The van der Waals surface area contributed by atoms with Gasteiger partial charge in [-0.25, -0.2) is 0 Å². The maximum absolute atomic E-state index is 11.3. The molecular weight excluding hydrogens is 206 g/mol. The van der Waals surface area contributed by atoms with Gasteiger partial charge in [0.25, 0.3) is 0 Å². The van der Waals surface area contributed by atoms with Crippen molar-refractivity contribution in [1.29, 1.82) is 0 Å². The second-order valence-corrected chi connectivity index (χ2v) is 3.87. The number of likely N-dealkylation sites (tertiary alicyclic amines) is 1. The standard InChI is InChI=1S/C12H15NO3/c14-11-6-7-12(15)13(11)8-9-16-10-4-2-1-3-5-10/h2,4-5H,1,3,6-9H2. The number of carbonyl (C=O) groups is 2. The maximum Gasteiger partial charge on any atom is 0.229 e. The van der Waals surface area contributed by atoms with Crippen molar-refractivity contribution >= 4 is 11.8 Å². The van der Waals surface area contributed by atoms with Crippen molar-refractivity contribution in [3.05, 3.63) is 24.0 Å². The quantitative estimate of drug-likeness (QED) is 0.674. The Morgan fingerprint density at radius 3 is 2.56 bits per heavy atom. The van der Waals surface area contributed by atoms with Crippen LogP contribution in [-0.4, -0.2) is 29.9 Å². The van der Waals surface area contributed by atoms with Crippen LogP contribution in [-0.2, 0) is 14.3 Å². The highest BCUT2D eigenvalue weighted by Crippen LogP contribution is 2.13. The number of rotatable bonds is 4. The van der Waals surface area contributed by atoms with E-state index in [4.69, 9.17) is 4.74 Å². The van der Waals surface area contributed by atoms with Crippen LogP contribution >= 0.6 is 0 Å². The van der Waals surface area contributed by atoms with Crippen molar-refractivity contribution in [1.82, 2.24) is 4.90 Å². The monoisotopic (exact) mass is 221 g/mol. The van der Waals surface area contributed by atoms with Gasteiger partial charge in [-0.2, -0.15) is 0 Å². The SMILES string of the molecule is O=C1CCC(=O)N1CCOC1=CCCC=C1. The second-order valence-electron chi connectivity index (χ2n) is 3.87. The molecule has 0 saturated carbocycles. The predicted molar refractivity (Wildman–Crippen MR) is 58.4 cm³/mol. The molecule has 0 atom stereocenters. The van der Waals surface area contributed by atoms with Crippen LogP contribution in [0.3, 0.4) is 0 Å². The lowest BCUT2D eigenvalue weighted by Crippen LogP contribution is -2.32. The summed E-state index contributed by atoms with van der Waals surface area (Å²) in [5, 5.41) is 0. The van der Waals surface area contributed by atoms with Gasteiger partial charge in [0.05, 0.1) is 6.54 Å². The van der Waals surface area contributed by atoms with E-state index in [-0.39, 0.29) is 11.8 Å². The zero-order chi connectivity index (χ0) is 11.4. The number of ether oxygens (including phenoxy) is 1. The molecule has 2 amide bonds. The number of hydrogen-bond donors (Lipinski definition) is 0. The number of hydrogen-bond acceptors (Lipinski definition) is 3. The summed E-state index contributed by atoms with van der Waals surface area (Å²) in [5.41, 5.74) is 0. The molecular formula is C12H15NO3. The summed E-state index contributed by atoms with van der Waals surface area (Å²) in [5.74, 6) is 0.675. The zero-order valence-electron chi connectivity index (χ0n) is 9.15. The molecule has 0 aromatic rings. The number of allylic oxidation sites excluding steroid dienone is 3. The van der Waals surface area contributed by atoms with Gasteiger partial charge < -0.3 is 4.74 Å². The molecule has 1 fully saturated rings. The Labute approximate surface area is 94.6 Å². The van der Waals surface area contributed by atoms with Gasteiger partial charge in [-0.1, -0.05) is 6.08 Å². The van der Waals surface area contributed by atoms with Crippen molar-refractivity contribution < 1.29 is 14.3 Å². The Morgan fingerprint density at radius 1 is 1.19 bits per heavy atom. The fourth-order valence-electron chi connectivity index (χ4n) is 1.82. The smallest absolute Gasteiger partial charge is 0.229 e. The summed E-state index contributed by atoms with van der Waals surface area (Å²) in [7, 11) is 0. The van der Waals surface area contributed by atoms with Crippen molar-refractivity contribution in [2.24, 2.45) is 0 Å². The van der Waals surface area contributed by atoms with Crippen LogP contribution in [0.2, 0.25) is 0 Å². The third-order valence-electron chi connectivity index (χ3n) is 2.70. The van der Waals surface area contributed by atoms with Crippen LogP contribution < -0.4 is 0 Å². The summed E-state index contributed by atoms with van der Waals surface area (Å²) in [6.07, 6.45) is 8.75. The van der Waals surface area contributed by atoms with Gasteiger partial charge >= 0.3 is 0 Å². The van der Waals surface area contributed by atoms with Crippen molar-refractivity contribution in [2.45, 2.75) is 25.7 Å². The molecule has 0 spiro atoms. The molecule has 1 heterocycles.